The highest BCUT2D eigenvalue weighted by Gasteiger charge is 2.18. The summed E-state index contributed by atoms with van der Waals surface area (Å²) in [6.45, 7) is 7.88. The number of carbonyl (C=O) groups excluding carboxylic acids is 1. The van der Waals surface area contributed by atoms with Crippen molar-refractivity contribution < 1.29 is 13.9 Å². The smallest absolute Gasteiger partial charge is 0.255 e. The highest BCUT2D eigenvalue weighted by molar-refractivity contribution is 6.00. The molecular weight excluding hydrogens is 333 g/mol. The normalized spacial score (nSPS) is 12.2. The number of amides is 1. The van der Waals surface area contributed by atoms with E-state index in [2.05, 4.69) is 10.3 Å². The number of aryl methyl sites for hydroxylation is 2. The first-order chi connectivity index (χ1) is 12.4. The van der Waals surface area contributed by atoms with Crippen LogP contribution in [-0.4, -0.2) is 21.9 Å². The maximum atomic E-state index is 14.1. The van der Waals surface area contributed by atoms with Gasteiger partial charge in [0.25, 0.3) is 5.91 Å². The molecule has 3 aromatic rings. The number of fused-ring (bicyclic) bond motifs is 1. The number of halogens is 1. The van der Waals surface area contributed by atoms with E-state index in [1.807, 2.05) is 37.4 Å². The lowest BCUT2D eigenvalue weighted by atomic mass is 10.1. The second-order valence-electron chi connectivity index (χ2n) is 6.28. The number of nitrogens with one attached hydrogen (secondary N) is 1. The maximum absolute atomic E-state index is 14.1. The maximum Gasteiger partial charge on any atom is 0.255 e. The first-order valence-corrected chi connectivity index (χ1v) is 8.59. The van der Waals surface area contributed by atoms with Crippen molar-refractivity contribution in [2.75, 3.05) is 6.61 Å². The molecule has 0 fully saturated rings. The SMILES string of the molecule is CCOc1ccc(C(C)NC(=O)c2ccn3c(C)cc(C)nc23)cc1F. The lowest BCUT2D eigenvalue weighted by Crippen LogP contribution is -2.26. The Kier molecular flexibility index (Phi) is 4.93. The van der Waals surface area contributed by atoms with Crippen molar-refractivity contribution in [2.45, 2.75) is 33.7 Å². The molecule has 0 saturated heterocycles. The molecule has 0 saturated carbocycles. The van der Waals surface area contributed by atoms with Gasteiger partial charge >= 0.3 is 0 Å². The van der Waals surface area contributed by atoms with E-state index >= 15 is 0 Å². The largest absolute Gasteiger partial charge is 0.491 e. The van der Waals surface area contributed by atoms with E-state index in [0.29, 0.717) is 23.4 Å². The van der Waals surface area contributed by atoms with Crippen LogP contribution < -0.4 is 10.1 Å². The lowest BCUT2D eigenvalue weighted by Gasteiger charge is -2.15. The number of benzene rings is 1. The molecule has 1 unspecified atom stereocenters. The molecule has 1 aromatic carbocycles. The van der Waals surface area contributed by atoms with Gasteiger partial charge in [-0.2, -0.15) is 0 Å². The van der Waals surface area contributed by atoms with Crippen LogP contribution in [0.25, 0.3) is 5.65 Å². The molecule has 0 bridgehead atoms. The van der Waals surface area contributed by atoms with E-state index in [4.69, 9.17) is 4.74 Å². The summed E-state index contributed by atoms with van der Waals surface area (Å²) in [6, 6.07) is 8.08. The molecule has 2 aromatic heterocycles. The van der Waals surface area contributed by atoms with Gasteiger partial charge in [0.05, 0.1) is 18.2 Å². The third-order valence-corrected chi connectivity index (χ3v) is 4.29. The van der Waals surface area contributed by atoms with Crippen LogP contribution in [0.4, 0.5) is 4.39 Å². The molecule has 1 N–H and O–H groups in total. The fraction of sp³-hybridized carbons (Fsp3) is 0.300. The van der Waals surface area contributed by atoms with E-state index in [0.717, 1.165) is 11.4 Å². The average Bonchev–Trinajstić information content (AvgIpc) is 3.01. The van der Waals surface area contributed by atoms with Gasteiger partial charge in [-0.15, -0.1) is 0 Å². The first kappa shape index (κ1) is 17.9. The number of hydrogen-bond donors (Lipinski definition) is 1. The summed E-state index contributed by atoms with van der Waals surface area (Å²) < 4.78 is 21.1. The molecule has 0 spiro atoms. The molecule has 6 heteroatoms. The lowest BCUT2D eigenvalue weighted by molar-refractivity contribution is 0.0941. The van der Waals surface area contributed by atoms with Crippen molar-refractivity contribution in [3.05, 3.63) is 64.9 Å². The standard InChI is InChI=1S/C20H22FN3O2/c1-5-26-18-7-6-15(11-17(18)21)14(4)23-20(25)16-8-9-24-13(3)10-12(2)22-19(16)24/h6-11,14H,5H2,1-4H3,(H,23,25). The topological polar surface area (TPSA) is 55.6 Å². The van der Waals surface area contributed by atoms with Crippen LogP contribution >= 0.6 is 0 Å². The second kappa shape index (κ2) is 7.15. The van der Waals surface area contributed by atoms with E-state index in [1.165, 1.54) is 6.07 Å². The van der Waals surface area contributed by atoms with Gasteiger partial charge in [0.1, 0.15) is 5.65 Å². The molecule has 3 rings (SSSR count). The van der Waals surface area contributed by atoms with Crippen LogP contribution in [0, 0.1) is 19.7 Å². The van der Waals surface area contributed by atoms with Crippen molar-refractivity contribution in [3.8, 4) is 5.75 Å². The van der Waals surface area contributed by atoms with E-state index in [-0.39, 0.29) is 17.7 Å². The Morgan fingerprint density at radius 1 is 1.31 bits per heavy atom. The molecule has 0 aliphatic rings. The monoisotopic (exact) mass is 355 g/mol. The quantitative estimate of drug-likeness (QED) is 0.753. The highest BCUT2D eigenvalue weighted by atomic mass is 19.1. The summed E-state index contributed by atoms with van der Waals surface area (Å²) in [4.78, 5) is 17.2. The van der Waals surface area contributed by atoms with Crippen molar-refractivity contribution in [1.29, 1.82) is 0 Å². The third-order valence-electron chi connectivity index (χ3n) is 4.29. The van der Waals surface area contributed by atoms with Crippen LogP contribution in [0.3, 0.4) is 0 Å². The number of carbonyl (C=O) groups is 1. The molecule has 1 amide bonds. The number of rotatable bonds is 5. The zero-order valence-electron chi connectivity index (χ0n) is 15.3. The second-order valence-corrected chi connectivity index (χ2v) is 6.28. The Hall–Kier alpha value is -2.89. The average molecular weight is 355 g/mol. The summed E-state index contributed by atoms with van der Waals surface area (Å²) in [5.74, 6) is -0.470. The summed E-state index contributed by atoms with van der Waals surface area (Å²) in [5, 5.41) is 2.91. The van der Waals surface area contributed by atoms with Gasteiger partial charge in [-0.3, -0.25) is 4.79 Å². The van der Waals surface area contributed by atoms with Crippen molar-refractivity contribution in [1.82, 2.24) is 14.7 Å². The predicted molar refractivity (Wildman–Crippen MR) is 98.1 cm³/mol. The van der Waals surface area contributed by atoms with Crippen molar-refractivity contribution in [2.24, 2.45) is 0 Å². The van der Waals surface area contributed by atoms with Crippen LogP contribution in [0.5, 0.6) is 5.75 Å². The number of ether oxygens (including phenoxy) is 1. The summed E-state index contributed by atoms with van der Waals surface area (Å²) in [5.41, 5.74) is 3.64. The molecule has 26 heavy (non-hydrogen) atoms. The molecule has 136 valence electrons. The number of aromatic nitrogens is 2. The van der Waals surface area contributed by atoms with Crippen LogP contribution in [0.15, 0.2) is 36.5 Å². The summed E-state index contributed by atoms with van der Waals surface area (Å²) in [6.07, 6.45) is 1.83. The van der Waals surface area contributed by atoms with Gasteiger partial charge in [-0.1, -0.05) is 6.07 Å². The Balaban J connectivity index is 1.83. The zero-order valence-corrected chi connectivity index (χ0v) is 15.3. The van der Waals surface area contributed by atoms with Gasteiger partial charge < -0.3 is 14.5 Å². The third kappa shape index (κ3) is 3.40. The van der Waals surface area contributed by atoms with Gasteiger partial charge in [0.2, 0.25) is 0 Å². The molecule has 0 aliphatic carbocycles. The van der Waals surface area contributed by atoms with Gasteiger partial charge in [-0.25, -0.2) is 9.37 Å². The molecule has 0 radical (unpaired) electrons. The van der Waals surface area contributed by atoms with Gasteiger partial charge in [-0.05, 0) is 57.5 Å². The van der Waals surface area contributed by atoms with Crippen molar-refractivity contribution in [3.63, 3.8) is 0 Å². The first-order valence-electron chi connectivity index (χ1n) is 8.59. The fourth-order valence-corrected chi connectivity index (χ4v) is 2.99. The Bertz CT molecular complexity index is 965. The van der Waals surface area contributed by atoms with Crippen LogP contribution in [-0.2, 0) is 0 Å². The van der Waals surface area contributed by atoms with Crippen LogP contribution in [0.1, 0.15) is 47.2 Å². The minimum Gasteiger partial charge on any atom is -0.491 e. The van der Waals surface area contributed by atoms with Gasteiger partial charge in [0, 0.05) is 17.6 Å². The van der Waals surface area contributed by atoms with E-state index in [9.17, 15) is 9.18 Å². The summed E-state index contributed by atoms with van der Waals surface area (Å²) in [7, 11) is 0. The number of nitrogens with zero attached hydrogens (tertiary/aromatic N) is 2. The van der Waals surface area contributed by atoms with E-state index in [1.54, 1.807) is 25.1 Å². The Morgan fingerprint density at radius 3 is 2.77 bits per heavy atom. The summed E-state index contributed by atoms with van der Waals surface area (Å²) >= 11 is 0. The molecular formula is C20H22FN3O2. The molecule has 0 aliphatic heterocycles. The number of hydrogen-bond acceptors (Lipinski definition) is 3. The Labute approximate surface area is 151 Å². The zero-order chi connectivity index (χ0) is 18.8. The minimum absolute atomic E-state index is 0.211. The molecule has 1 atom stereocenters. The van der Waals surface area contributed by atoms with E-state index < -0.39 is 5.82 Å². The Morgan fingerprint density at radius 2 is 2.08 bits per heavy atom. The molecule has 2 heterocycles. The minimum atomic E-state index is -0.437. The fourth-order valence-electron chi connectivity index (χ4n) is 2.99. The highest BCUT2D eigenvalue weighted by Crippen LogP contribution is 2.23. The van der Waals surface area contributed by atoms with Gasteiger partial charge in [0.15, 0.2) is 11.6 Å². The van der Waals surface area contributed by atoms with Crippen molar-refractivity contribution >= 4 is 11.6 Å². The molecule has 5 nitrogen and oxygen atoms in total. The predicted octanol–water partition coefficient (Wildman–Crippen LogP) is 3.98. The van der Waals surface area contributed by atoms with Crippen LogP contribution in [0.2, 0.25) is 0 Å².